The Labute approximate surface area is 289 Å². The minimum atomic E-state index is -1.10. The average molecular weight is 730 g/mol. The molecular weight excluding hydrogens is 703 g/mol. The molecule has 0 N–H and O–H groups in total. The van der Waals surface area contributed by atoms with Gasteiger partial charge in [0.25, 0.3) is 0 Å². The van der Waals surface area contributed by atoms with Crippen LogP contribution in [-0.2, 0) is 14.3 Å². The minimum absolute atomic E-state index is 0.111. The number of amides is 2. The van der Waals surface area contributed by atoms with Gasteiger partial charge in [0.15, 0.2) is 6.10 Å². The second-order valence-electron chi connectivity index (χ2n) is 12.7. The number of alkyl halides is 1. The zero-order valence-electron chi connectivity index (χ0n) is 24.8. The molecule has 236 valence electrons. The summed E-state index contributed by atoms with van der Waals surface area (Å²) >= 11 is 15.5. The monoisotopic (exact) mass is 728 g/mol. The second kappa shape index (κ2) is 11.7. The van der Waals surface area contributed by atoms with E-state index in [4.69, 9.17) is 32.9 Å². The van der Waals surface area contributed by atoms with Gasteiger partial charge in [-0.15, -0.1) is 11.6 Å². The van der Waals surface area contributed by atoms with Crippen LogP contribution in [0.2, 0.25) is 5.02 Å². The smallest absolute Gasteiger partial charge is 0.339 e. The molecule has 9 rings (SSSR count). The lowest BCUT2D eigenvalue weighted by Gasteiger charge is -2.37. The molecule has 2 heterocycles. The number of rotatable bonds is 8. The van der Waals surface area contributed by atoms with Gasteiger partial charge < -0.3 is 4.74 Å². The molecule has 4 aromatic rings. The van der Waals surface area contributed by atoms with Crippen LogP contribution in [0.15, 0.2) is 89.4 Å². The molecule has 47 heavy (non-hydrogen) atoms. The number of nitrogens with zero attached hydrogens (tertiary/aromatic N) is 2. The van der Waals surface area contributed by atoms with Crippen molar-refractivity contribution < 1.29 is 23.9 Å². The lowest BCUT2D eigenvalue weighted by atomic mass is 9.63. The number of ketones is 1. The van der Waals surface area contributed by atoms with Crippen LogP contribution < -0.4 is 4.90 Å². The van der Waals surface area contributed by atoms with E-state index in [1.54, 1.807) is 66.7 Å². The number of esters is 1. The van der Waals surface area contributed by atoms with Crippen LogP contribution in [0, 0.1) is 35.5 Å². The van der Waals surface area contributed by atoms with Crippen molar-refractivity contribution in [1.29, 1.82) is 0 Å². The number of fused-ring (bicyclic) bond motifs is 1. The molecule has 2 bridgehead atoms. The summed E-state index contributed by atoms with van der Waals surface area (Å²) in [7, 11) is 0. The topological polar surface area (TPSA) is 93.6 Å². The fourth-order valence-corrected chi connectivity index (χ4v) is 8.53. The second-order valence-corrected chi connectivity index (χ2v) is 14.4. The fourth-order valence-electron chi connectivity index (χ4n) is 7.84. The van der Waals surface area contributed by atoms with E-state index in [0.717, 1.165) is 10.9 Å². The van der Waals surface area contributed by atoms with Crippen LogP contribution in [0.3, 0.4) is 0 Å². The lowest BCUT2D eigenvalue weighted by Crippen LogP contribution is -2.40. The van der Waals surface area contributed by atoms with Gasteiger partial charge in [0.05, 0.1) is 34.3 Å². The Morgan fingerprint density at radius 2 is 1.57 bits per heavy atom. The zero-order valence-corrected chi connectivity index (χ0v) is 27.9. The van der Waals surface area contributed by atoms with Gasteiger partial charge in [-0.2, -0.15) is 0 Å². The highest BCUT2D eigenvalue weighted by Crippen LogP contribution is 2.65. The molecule has 3 aromatic carbocycles. The summed E-state index contributed by atoms with van der Waals surface area (Å²) in [6.07, 6.45) is 4.47. The molecular formula is C37H27BrCl2N2O5. The number of imide groups is 1. The van der Waals surface area contributed by atoms with Crippen molar-refractivity contribution in [2.75, 3.05) is 10.8 Å². The summed E-state index contributed by atoms with van der Waals surface area (Å²) in [5, 5.41) is 1.03. The third-order valence-electron chi connectivity index (χ3n) is 10.1. The first-order chi connectivity index (χ1) is 22.7. The SMILES string of the molecule is O=C(OC(CCCl)C(=O)c1ccc(Cl)cc1)c1cc(-c2ccc(N3C(=O)C4C5C=CC(C6CC56)C4C3=O)cc2)nc2ccc(Br)cc12. The Hall–Kier alpha value is -3.85. The van der Waals surface area contributed by atoms with Gasteiger partial charge in [0, 0.05) is 38.3 Å². The predicted molar refractivity (Wildman–Crippen MR) is 182 cm³/mol. The van der Waals surface area contributed by atoms with E-state index in [9.17, 15) is 19.2 Å². The van der Waals surface area contributed by atoms with E-state index in [2.05, 4.69) is 28.1 Å². The molecule has 2 saturated carbocycles. The van der Waals surface area contributed by atoms with Gasteiger partial charge in [0.2, 0.25) is 17.6 Å². The van der Waals surface area contributed by atoms with Crippen LogP contribution in [0.1, 0.15) is 33.6 Å². The molecule has 3 fully saturated rings. The quantitative estimate of drug-likeness (QED) is 0.0602. The van der Waals surface area contributed by atoms with E-state index >= 15 is 0 Å². The summed E-state index contributed by atoms with van der Waals surface area (Å²) in [6, 6.07) is 20.5. The summed E-state index contributed by atoms with van der Waals surface area (Å²) in [4.78, 5) is 60.4. The number of anilines is 1. The molecule has 7 atom stereocenters. The zero-order chi connectivity index (χ0) is 32.6. The average Bonchev–Trinajstić information content (AvgIpc) is 3.86. The summed E-state index contributed by atoms with van der Waals surface area (Å²) in [6.45, 7) is 0. The van der Waals surface area contributed by atoms with Gasteiger partial charge >= 0.3 is 5.97 Å². The van der Waals surface area contributed by atoms with E-state index in [-0.39, 0.29) is 59.1 Å². The summed E-state index contributed by atoms with van der Waals surface area (Å²) in [5.74, 6) is -0.357. The number of carbonyl (C=O) groups is 4. The number of carbonyl (C=O) groups excluding carboxylic acids is 4. The van der Waals surface area contributed by atoms with E-state index in [0.29, 0.717) is 50.3 Å². The fraction of sp³-hybridized carbons (Fsp3) is 0.270. The van der Waals surface area contributed by atoms with Crippen LogP contribution >= 0.6 is 39.1 Å². The van der Waals surface area contributed by atoms with Crippen molar-refractivity contribution in [3.05, 3.63) is 106 Å². The molecule has 1 saturated heterocycles. The third-order valence-corrected chi connectivity index (χ3v) is 11.1. The first-order valence-electron chi connectivity index (χ1n) is 15.6. The first-order valence-corrected chi connectivity index (χ1v) is 17.3. The van der Waals surface area contributed by atoms with Crippen molar-refractivity contribution >= 4 is 79.3 Å². The highest BCUT2D eigenvalue weighted by atomic mass is 79.9. The highest BCUT2D eigenvalue weighted by Gasteiger charge is 2.67. The van der Waals surface area contributed by atoms with Gasteiger partial charge in [0.1, 0.15) is 0 Å². The van der Waals surface area contributed by atoms with Gasteiger partial charge in [-0.3, -0.25) is 19.3 Å². The number of hydrogen-bond acceptors (Lipinski definition) is 6. The Morgan fingerprint density at radius 1 is 0.915 bits per heavy atom. The van der Waals surface area contributed by atoms with Crippen LogP contribution in [-0.4, -0.2) is 40.5 Å². The van der Waals surface area contributed by atoms with Crippen LogP contribution in [0.4, 0.5) is 5.69 Å². The van der Waals surface area contributed by atoms with Crippen molar-refractivity contribution in [2.45, 2.75) is 18.9 Å². The number of benzene rings is 3. The van der Waals surface area contributed by atoms with Crippen molar-refractivity contribution in [1.82, 2.24) is 4.98 Å². The molecule has 1 aromatic heterocycles. The number of hydrogen-bond donors (Lipinski definition) is 0. The maximum Gasteiger partial charge on any atom is 0.339 e. The maximum absolute atomic E-state index is 13.8. The number of halogens is 3. The standard InChI is InChI=1S/C37H27BrCl2N2O5/c38-20-5-12-29-27(15-20)28(37(46)47-31(13-14-39)34(43)19-1-6-21(40)7-2-19)17-30(41-29)18-3-8-22(9-4-18)42-35(44)32-23-10-11-24(26-16-25(23)26)33(32)36(42)45/h1-12,15,17,23-26,31-33H,13-14,16H2. The molecule has 4 aliphatic carbocycles. The van der Waals surface area contributed by atoms with Crippen molar-refractivity contribution in [3.8, 4) is 11.3 Å². The molecule has 2 amide bonds. The molecule has 1 aliphatic heterocycles. The Bertz CT molecular complexity index is 1980. The van der Waals surface area contributed by atoms with Gasteiger partial charge in [-0.25, -0.2) is 9.78 Å². The third kappa shape index (κ3) is 5.12. The molecule has 7 nitrogen and oxygen atoms in total. The predicted octanol–water partition coefficient (Wildman–Crippen LogP) is 7.91. The first kappa shape index (κ1) is 30.5. The molecule has 10 heteroatoms. The molecule has 0 radical (unpaired) electrons. The van der Waals surface area contributed by atoms with Crippen LogP contribution in [0.25, 0.3) is 22.2 Å². The Balaban J connectivity index is 1.09. The van der Waals surface area contributed by atoms with Gasteiger partial charge in [-0.1, -0.05) is 51.8 Å². The van der Waals surface area contributed by atoms with E-state index in [1.165, 1.54) is 4.90 Å². The largest absolute Gasteiger partial charge is 0.450 e. The number of ether oxygens (including phenoxy) is 1. The van der Waals surface area contributed by atoms with Crippen molar-refractivity contribution in [3.63, 3.8) is 0 Å². The number of aromatic nitrogens is 1. The van der Waals surface area contributed by atoms with Gasteiger partial charge in [-0.05, 0) is 90.8 Å². The maximum atomic E-state index is 13.8. The number of Topliss-reactive ketones (excluding diaryl/α,β-unsaturated/α-hetero) is 1. The molecule has 7 unspecified atom stereocenters. The number of pyridine rings is 1. The molecule has 0 spiro atoms. The van der Waals surface area contributed by atoms with Crippen molar-refractivity contribution in [2.24, 2.45) is 35.5 Å². The molecule has 5 aliphatic rings. The summed E-state index contributed by atoms with van der Waals surface area (Å²) < 4.78 is 6.56. The normalized spacial score (nSPS) is 25.9. The van der Waals surface area contributed by atoms with Crippen LogP contribution in [0.5, 0.6) is 0 Å². The Morgan fingerprint density at radius 3 is 2.21 bits per heavy atom. The summed E-state index contributed by atoms with van der Waals surface area (Å²) in [5.41, 5.74) is 2.84. The Kier molecular flexibility index (Phi) is 7.58. The highest BCUT2D eigenvalue weighted by molar-refractivity contribution is 9.10. The number of allylic oxidation sites excluding steroid dienone is 2. The van der Waals surface area contributed by atoms with E-state index < -0.39 is 12.1 Å². The van der Waals surface area contributed by atoms with E-state index in [1.807, 2.05) is 6.07 Å². The lowest BCUT2D eigenvalue weighted by molar-refractivity contribution is -0.124. The minimum Gasteiger partial charge on any atom is -0.450 e.